The van der Waals surface area contributed by atoms with E-state index in [4.69, 9.17) is 9.47 Å². The Hall–Kier alpha value is -1.46. The van der Waals surface area contributed by atoms with Crippen LogP contribution in [0.15, 0.2) is 10.2 Å². The van der Waals surface area contributed by atoms with Crippen molar-refractivity contribution in [1.82, 2.24) is 0 Å². The van der Waals surface area contributed by atoms with E-state index in [9.17, 15) is 9.59 Å². The summed E-state index contributed by atoms with van der Waals surface area (Å²) < 4.78 is 9.46. The molecular formula is C12H22N2O4. The Morgan fingerprint density at radius 1 is 1.00 bits per heavy atom. The van der Waals surface area contributed by atoms with E-state index in [1.165, 1.54) is 0 Å². The van der Waals surface area contributed by atoms with Gasteiger partial charge in [0.05, 0.1) is 13.2 Å². The fraction of sp³-hybridized carbons (Fsp3) is 0.833. The first-order chi connectivity index (χ1) is 8.56. The molecule has 0 bridgehead atoms. The fourth-order valence-electron chi connectivity index (χ4n) is 1.07. The monoisotopic (exact) mass is 258 g/mol. The van der Waals surface area contributed by atoms with Crippen LogP contribution >= 0.6 is 0 Å². The molecule has 0 aliphatic heterocycles. The van der Waals surface area contributed by atoms with E-state index in [1.54, 1.807) is 0 Å². The summed E-state index contributed by atoms with van der Waals surface area (Å²) in [5.74, 6) is 0.217. The van der Waals surface area contributed by atoms with Gasteiger partial charge in [-0.25, -0.2) is 9.59 Å². The van der Waals surface area contributed by atoms with Crippen molar-refractivity contribution in [2.24, 2.45) is 16.1 Å². The van der Waals surface area contributed by atoms with Crippen molar-refractivity contribution in [1.29, 1.82) is 0 Å². The normalized spacial score (nSPS) is 10.9. The van der Waals surface area contributed by atoms with E-state index in [1.807, 2.05) is 13.8 Å². The van der Waals surface area contributed by atoms with Crippen LogP contribution in [0.3, 0.4) is 0 Å². The molecule has 0 spiro atoms. The van der Waals surface area contributed by atoms with Crippen molar-refractivity contribution in [2.45, 2.75) is 46.5 Å². The van der Waals surface area contributed by atoms with Gasteiger partial charge in [0.25, 0.3) is 0 Å². The number of carbonyl (C=O) groups excluding carboxylic acids is 2. The maximum atomic E-state index is 11.0. The van der Waals surface area contributed by atoms with Crippen LogP contribution in [0.5, 0.6) is 0 Å². The minimum absolute atomic E-state index is 0.217. The first-order valence-electron chi connectivity index (χ1n) is 6.31. The van der Waals surface area contributed by atoms with E-state index in [2.05, 4.69) is 17.2 Å². The van der Waals surface area contributed by atoms with Gasteiger partial charge in [-0.15, -0.1) is 0 Å². The smallest absolute Gasteiger partial charge is 0.447 e. The first kappa shape index (κ1) is 16.5. The molecule has 0 rings (SSSR count). The molecule has 0 aromatic rings. The maximum Gasteiger partial charge on any atom is 0.452 e. The second-order valence-electron chi connectivity index (χ2n) is 4.35. The lowest BCUT2D eigenvalue weighted by atomic mass is 10.2. The topological polar surface area (TPSA) is 77.3 Å². The van der Waals surface area contributed by atoms with Gasteiger partial charge >= 0.3 is 12.2 Å². The van der Waals surface area contributed by atoms with Gasteiger partial charge in [0.1, 0.15) is 0 Å². The van der Waals surface area contributed by atoms with Gasteiger partial charge in [-0.2, -0.15) is 0 Å². The van der Waals surface area contributed by atoms with Crippen LogP contribution in [0.25, 0.3) is 0 Å². The Morgan fingerprint density at radius 3 is 2.17 bits per heavy atom. The fourth-order valence-corrected chi connectivity index (χ4v) is 1.07. The molecule has 104 valence electrons. The highest BCUT2D eigenvalue weighted by Gasteiger charge is 2.04. The summed E-state index contributed by atoms with van der Waals surface area (Å²) in [6.45, 7) is 6.45. The Kier molecular flexibility index (Phi) is 9.81. The van der Waals surface area contributed by atoms with Gasteiger partial charge in [-0.1, -0.05) is 50.3 Å². The summed E-state index contributed by atoms with van der Waals surface area (Å²) in [6.07, 6.45) is 2.32. The van der Waals surface area contributed by atoms with Crippen LogP contribution in [-0.4, -0.2) is 25.4 Å². The Balaban J connectivity index is 3.63. The number of hydrogen-bond donors (Lipinski definition) is 0. The Morgan fingerprint density at radius 2 is 1.61 bits per heavy atom. The molecule has 0 atom stereocenters. The second kappa shape index (κ2) is 10.7. The summed E-state index contributed by atoms with van der Waals surface area (Å²) in [5, 5.41) is 6.21. The number of unbranched alkanes of at least 4 members (excludes halogenated alkanes) is 3. The number of amides is 2. The van der Waals surface area contributed by atoms with Crippen LogP contribution in [0.2, 0.25) is 0 Å². The molecule has 0 fully saturated rings. The zero-order chi connectivity index (χ0) is 13.8. The summed E-state index contributed by atoms with van der Waals surface area (Å²) in [6, 6.07) is 0. The molecule has 0 radical (unpaired) electrons. The van der Waals surface area contributed by atoms with Gasteiger partial charge < -0.3 is 9.47 Å². The van der Waals surface area contributed by atoms with Crippen LogP contribution in [-0.2, 0) is 9.47 Å². The van der Waals surface area contributed by atoms with Crippen molar-refractivity contribution in [3.8, 4) is 0 Å². The highest BCUT2D eigenvalue weighted by Crippen LogP contribution is 2.00. The Bertz CT molecular complexity index is 277. The molecule has 0 aromatic carbocycles. The summed E-state index contributed by atoms with van der Waals surface area (Å²) in [5.41, 5.74) is 0. The van der Waals surface area contributed by atoms with Gasteiger partial charge in [-0.3, -0.25) is 0 Å². The highest BCUT2D eigenvalue weighted by atomic mass is 16.6. The van der Waals surface area contributed by atoms with Crippen molar-refractivity contribution in [3.05, 3.63) is 0 Å². The number of nitrogens with zero attached hydrogens (tertiary/aromatic N) is 2. The summed E-state index contributed by atoms with van der Waals surface area (Å²) in [7, 11) is 0. The third-order valence-corrected chi connectivity index (χ3v) is 1.98. The van der Waals surface area contributed by atoms with Gasteiger partial charge in [-0.05, 0) is 12.3 Å². The Labute approximate surface area is 108 Å². The van der Waals surface area contributed by atoms with E-state index in [0.717, 1.165) is 25.7 Å². The van der Waals surface area contributed by atoms with Crippen LogP contribution in [0, 0.1) is 5.92 Å². The van der Waals surface area contributed by atoms with Crippen LogP contribution in [0.1, 0.15) is 46.5 Å². The lowest BCUT2D eigenvalue weighted by Gasteiger charge is -2.02. The molecule has 0 saturated heterocycles. The highest BCUT2D eigenvalue weighted by molar-refractivity contribution is 5.73. The molecule has 0 unspecified atom stereocenters. The SMILES string of the molecule is CCCCCCOC(=O)N=NC(=O)OCC(C)C. The third-order valence-electron chi connectivity index (χ3n) is 1.98. The van der Waals surface area contributed by atoms with Crippen LogP contribution in [0.4, 0.5) is 9.59 Å². The predicted molar refractivity (Wildman–Crippen MR) is 66.5 cm³/mol. The molecule has 0 aliphatic rings. The molecule has 0 N–H and O–H groups in total. The lowest BCUT2D eigenvalue weighted by molar-refractivity contribution is 0.137. The zero-order valence-electron chi connectivity index (χ0n) is 11.3. The third kappa shape index (κ3) is 11.0. The first-order valence-corrected chi connectivity index (χ1v) is 6.31. The summed E-state index contributed by atoms with van der Waals surface area (Å²) >= 11 is 0. The molecule has 0 aliphatic carbocycles. The maximum absolute atomic E-state index is 11.0. The minimum Gasteiger partial charge on any atom is -0.447 e. The number of azo groups is 1. The predicted octanol–water partition coefficient (Wildman–Crippen LogP) is 3.95. The lowest BCUT2D eigenvalue weighted by Crippen LogP contribution is -2.06. The van der Waals surface area contributed by atoms with E-state index in [0.29, 0.717) is 6.61 Å². The number of hydrogen-bond acceptors (Lipinski definition) is 4. The largest absolute Gasteiger partial charge is 0.452 e. The molecule has 0 heterocycles. The van der Waals surface area contributed by atoms with Crippen LogP contribution < -0.4 is 0 Å². The summed E-state index contributed by atoms with van der Waals surface area (Å²) in [4.78, 5) is 22.0. The van der Waals surface area contributed by atoms with Gasteiger partial charge in [0.2, 0.25) is 0 Å². The molecule has 0 aromatic heterocycles. The van der Waals surface area contributed by atoms with E-state index < -0.39 is 12.2 Å². The molecule has 2 amide bonds. The average Bonchev–Trinajstić information content (AvgIpc) is 2.33. The molecular weight excluding hydrogens is 236 g/mol. The van der Waals surface area contributed by atoms with Crippen molar-refractivity contribution in [3.63, 3.8) is 0 Å². The average molecular weight is 258 g/mol. The van der Waals surface area contributed by atoms with Crippen molar-refractivity contribution in [2.75, 3.05) is 13.2 Å². The van der Waals surface area contributed by atoms with Crippen molar-refractivity contribution >= 4 is 12.2 Å². The molecule has 6 nitrogen and oxygen atoms in total. The molecule has 18 heavy (non-hydrogen) atoms. The number of rotatable bonds is 7. The van der Waals surface area contributed by atoms with Gasteiger partial charge in [0.15, 0.2) is 0 Å². The number of ether oxygens (including phenoxy) is 2. The van der Waals surface area contributed by atoms with E-state index in [-0.39, 0.29) is 12.5 Å². The standard InChI is InChI=1S/C12H22N2O4/c1-4-5-6-7-8-17-11(15)13-14-12(16)18-9-10(2)3/h10H,4-9H2,1-3H3. The van der Waals surface area contributed by atoms with Gasteiger partial charge in [0, 0.05) is 0 Å². The quantitative estimate of drug-likeness (QED) is 0.511. The molecule has 6 heteroatoms. The minimum atomic E-state index is -0.869. The van der Waals surface area contributed by atoms with Crippen molar-refractivity contribution < 1.29 is 19.1 Å². The van der Waals surface area contributed by atoms with E-state index >= 15 is 0 Å². The molecule has 0 saturated carbocycles. The second-order valence-corrected chi connectivity index (χ2v) is 4.35. The number of carbonyl (C=O) groups is 2. The zero-order valence-corrected chi connectivity index (χ0v) is 11.3.